The van der Waals surface area contributed by atoms with Crippen LogP contribution in [-0.4, -0.2) is 10.9 Å². The van der Waals surface area contributed by atoms with Crippen molar-refractivity contribution in [2.24, 2.45) is 5.84 Å². The highest BCUT2D eigenvalue weighted by atomic mass is 16.5. The number of hydrazine groups is 1. The van der Waals surface area contributed by atoms with E-state index in [1.54, 1.807) is 12.4 Å². The number of hydrogen-bond donors (Lipinski definition) is 2. The third-order valence-corrected chi connectivity index (χ3v) is 3.06. The van der Waals surface area contributed by atoms with Gasteiger partial charge in [-0.15, -0.1) is 0 Å². The van der Waals surface area contributed by atoms with Crippen LogP contribution in [0.2, 0.25) is 0 Å². The summed E-state index contributed by atoms with van der Waals surface area (Å²) in [5.74, 6) is 5.38. The Morgan fingerprint density at radius 3 is 2.70 bits per heavy atom. The van der Waals surface area contributed by atoms with Crippen molar-refractivity contribution < 1.29 is 9.53 Å². The molecule has 0 aliphatic heterocycles. The number of carbonyl (C=O) groups is 1. The number of rotatable bonds is 5. The lowest BCUT2D eigenvalue weighted by atomic mass is 9.99. The SMILES string of the molecule is CC(C(=O)NN)c1ccc(COc2cccnc2)cc1. The van der Waals surface area contributed by atoms with Crippen molar-refractivity contribution in [3.05, 3.63) is 59.9 Å². The van der Waals surface area contributed by atoms with Crippen LogP contribution in [0, 0.1) is 0 Å². The van der Waals surface area contributed by atoms with Crippen LogP contribution in [0.15, 0.2) is 48.8 Å². The number of nitrogens with zero attached hydrogens (tertiary/aromatic N) is 1. The molecule has 0 saturated carbocycles. The number of pyridine rings is 1. The minimum atomic E-state index is -0.270. The number of amides is 1. The van der Waals surface area contributed by atoms with Crippen molar-refractivity contribution in [2.45, 2.75) is 19.4 Å². The summed E-state index contributed by atoms with van der Waals surface area (Å²) in [5.41, 5.74) is 4.09. The lowest BCUT2D eigenvalue weighted by molar-refractivity contribution is -0.122. The maximum atomic E-state index is 11.4. The van der Waals surface area contributed by atoms with Crippen molar-refractivity contribution in [3.63, 3.8) is 0 Å². The summed E-state index contributed by atoms with van der Waals surface area (Å²) >= 11 is 0. The van der Waals surface area contributed by atoms with Crippen LogP contribution in [0.4, 0.5) is 0 Å². The predicted octanol–water partition coefficient (Wildman–Crippen LogP) is 1.75. The molecule has 1 amide bonds. The maximum Gasteiger partial charge on any atom is 0.241 e. The van der Waals surface area contributed by atoms with Crippen molar-refractivity contribution >= 4 is 5.91 Å². The molecule has 5 heteroatoms. The van der Waals surface area contributed by atoms with Crippen molar-refractivity contribution in [1.82, 2.24) is 10.4 Å². The van der Waals surface area contributed by atoms with Gasteiger partial charge in [-0.1, -0.05) is 24.3 Å². The van der Waals surface area contributed by atoms with Crippen molar-refractivity contribution in [1.29, 1.82) is 0 Å². The lowest BCUT2D eigenvalue weighted by Gasteiger charge is -2.11. The van der Waals surface area contributed by atoms with Crippen LogP contribution >= 0.6 is 0 Å². The van der Waals surface area contributed by atoms with Crippen LogP contribution in [-0.2, 0) is 11.4 Å². The molecule has 1 aromatic heterocycles. The highest BCUT2D eigenvalue weighted by Crippen LogP contribution is 2.17. The lowest BCUT2D eigenvalue weighted by Crippen LogP contribution is -2.33. The smallest absolute Gasteiger partial charge is 0.241 e. The largest absolute Gasteiger partial charge is 0.487 e. The fourth-order valence-corrected chi connectivity index (χ4v) is 1.78. The molecule has 0 radical (unpaired) electrons. The molecule has 1 heterocycles. The van der Waals surface area contributed by atoms with E-state index in [0.29, 0.717) is 6.61 Å². The van der Waals surface area contributed by atoms with Gasteiger partial charge < -0.3 is 4.74 Å². The number of nitrogens with two attached hydrogens (primary N) is 1. The first-order chi connectivity index (χ1) is 9.70. The topological polar surface area (TPSA) is 77.2 Å². The molecule has 2 aromatic rings. The Morgan fingerprint density at radius 2 is 2.10 bits per heavy atom. The van der Waals surface area contributed by atoms with Gasteiger partial charge in [-0.2, -0.15) is 0 Å². The Balaban J connectivity index is 1.96. The van der Waals surface area contributed by atoms with Crippen LogP contribution in [0.3, 0.4) is 0 Å². The van der Waals surface area contributed by atoms with Gasteiger partial charge in [0.15, 0.2) is 0 Å². The minimum Gasteiger partial charge on any atom is -0.487 e. The van der Waals surface area contributed by atoms with E-state index in [1.165, 1.54) is 0 Å². The Labute approximate surface area is 117 Å². The molecule has 0 saturated heterocycles. The number of carbonyl (C=O) groups excluding carboxylic acids is 1. The van der Waals surface area contributed by atoms with Crippen LogP contribution < -0.4 is 16.0 Å². The van der Waals surface area contributed by atoms with Gasteiger partial charge in [-0.05, 0) is 30.2 Å². The molecule has 0 bridgehead atoms. The average Bonchev–Trinajstić information content (AvgIpc) is 2.53. The van der Waals surface area contributed by atoms with E-state index in [1.807, 2.05) is 43.3 Å². The molecule has 104 valence electrons. The van der Waals surface area contributed by atoms with Crippen LogP contribution in [0.25, 0.3) is 0 Å². The molecular formula is C15H17N3O2. The molecule has 0 fully saturated rings. The Kier molecular flexibility index (Phi) is 4.68. The molecule has 0 aliphatic rings. The molecular weight excluding hydrogens is 254 g/mol. The third kappa shape index (κ3) is 3.55. The fourth-order valence-electron chi connectivity index (χ4n) is 1.78. The van der Waals surface area contributed by atoms with Gasteiger partial charge in [0.25, 0.3) is 0 Å². The number of aromatic nitrogens is 1. The highest BCUT2D eigenvalue weighted by molar-refractivity contribution is 5.82. The van der Waals surface area contributed by atoms with Crippen molar-refractivity contribution in [2.75, 3.05) is 0 Å². The first-order valence-corrected chi connectivity index (χ1v) is 6.33. The Morgan fingerprint density at radius 1 is 1.35 bits per heavy atom. The minimum absolute atomic E-state index is 0.204. The number of ether oxygens (including phenoxy) is 1. The zero-order valence-corrected chi connectivity index (χ0v) is 11.2. The van der Waals surface area contributed by atoms with Gasteiger partial charge >= 0.3 is 0 Å². The number of hydrogen-bond acceptors (Lipinski definition) is 4. The van der Waals surface area contributed by atoms with Crippen molar-refractivity contribution in [3.8, 4) is 5.75 Å². The second-order valence-electron chi connectivity index (χ2n) is 4.45. The highest BCUT2D eigenvalue weighted by Gasteiger charge is 2.13. The van der Waals surface area contributed by atoms with Gasteiger partial charge in [0.05, 0.1) is 12.1 Å². The number of nitrogens with one attached hydrogen (secondary N) is 1. The van der Waals surface area contributed by atoms with Crippen LogP contribution in [0.5, 0.6) is 5.75 Å². The van der Waals surface area contributed by atoms with E-state index >= 15 is 0 Å². The van der Waals surface area contributed by atoms with E-state index in [2.05, 4.69) is 10.4 Å². The molecule has 0 spiro atoms. The molecule has 1 aromatic carbocycles. The van der Waals surface area contributed by atoms with Gasteiger partial charge in [0.1, 0.15) is 12.4 Å². The van der Waals surface area contributed by atoms with E-state index in [9.17, 15) is 4.79 Å². The summed E-state index contributed by atoms with van der Waals surface area (Å²) < 4.78 is 5.60. The quantitative estimate of drug-likeness (QED) is 0.493. The van der Waals surface area contributed by atoms with Gasteiger partial charge in [-0.3, -0.25) is 15.2 Å². The molecule has 20 heavy (non-hydrogen) atoms. The van der Waals surface area contributed by atoms with E-state index in [4.69, 9.17) is 10.6 Å². The standard InChI is InChI=1S/C15H17N3O2/c1-11(15(19)18-16)13-6-4-12(5-7-13)10-20-14-3-2-8-17-9-14/h2-9,11H,10,16H2,1H3,(H,18,19). The molecule has 2 rings (SSSR count). The first-order valence-electron chi connectivity index (χ1n) is 6.33. The zero-order chi connectivity index (χ0) is 14.4. The fraction of sp³-hybridized carbons (Fsp3) is 0.200. The van der Waals surface area contributed by atoms with Gasteiger partial charge in [0, 0.05) is 6.20 Å². The van der Waals surface area contributed by atoms with E-state index in [-0.39, 0.29) is 11.8 Å². The summed E-state index contributed by atoms with van der Waals surface area (Å²) in [6, 6.07) is 11.4. The average molecular weight is 271 g/mol. The van der Waals surface area contributed by atoms with E-state index < -0.39 is 0 Å². The normalized spacial score (nSPS) is 11.7. The monoisotopic (exact) mass is 271 g/mol. The molecule has 1 unspecified atom stereocenters. The molecule has 5 nitrogen and oxygen atoms in total. The van der Waals surface area contributed by atoms with E-state index in [0.717, 1.165) is 16.9 Å². The third-order valence-electron chi connectivity index (χ3n) is 3.06. The summed E-state index contributed by atoms with van der Waals surface area (Å²) in [4.78, 5) is 15.4. The molecule has 0 aliphatic carbocycles. The summed E-state index contributed by atoms with van der Waals surface area (Å²) in [5, 5.41) is 0. The maximum absolute atomic E-state index is 11.4. The van der Waals surface area contributed by atoms with Crippen LogP contribution in [0.1, 0.15) is 24.0 Å². The zero-order valence-electron chi connectivity index (χ0n) is 11.2. The summed E-state index contributed by atoms with van der Waals surface area (Å²) in [7, 11) is 0. The Hall–Kier alpha value is -2.40. The van der Waals surface area contributed by atoms with Gasteiger partial charge in [0.2, 0.25) is 5.91 Å². The number of benzene rings is 1. The Bertz CT molecular complexity index is 555. The van der Waals surface area contributed by atoms with Gasteiger partial charge in [-0.25, -0.2) is 5.84 Å². The molecule has 1 atom stereocenters. The predicted molar refractivity (Wildman–Crippen MR) is 75.8 cm³/mol. The first kappa shape index (κ1) is 14.0. The summed E-state index contributed by atoms with van der Waals surface area (Å²) in [6.07, 6.45) is 3.37. The second-order valence-corrected chi connectivity index (χ2v) is 4.45. The second kappa shape index (κ2) is 6.68. The molecule has 3 N–H and O–H groups in total. The summed E-state index contributed by atoms with van der Waals surface area (Å²) in [6.45, 7) is 2.27.